The van der Waals surface area contributed by atoms with Crippen LogP contribution in [0.2, 0.25) is 0 Å². The molecule has 1 N–H and O–H groups in total. The maximum absolute atomic E-state index is 12.6. The second-order valence-electron chi connectivity index (χ2n) is 5.91. The van der Waals surface area contributed by atoms with Crippen LogP contribution in [0.5, 0.6) is 5.88 Å². The first-order chi connectivity index (χ1) is 11.1. The second-order valence-corrected chi connectivity index (χ2v) is 5.91. The molecule has 1 atom stereocenters. The van der Waals surface area contributed by atoms with Crippen LogP contribution in [0.15, 0.2) is 18.3 Å². The number of nitrogens with zero attached hydrogens (tertiary/aromatic N) is 1. The first-order valence-electron chi connectivity index (χ1n) is 8.13. The molecule has 6 nitrogen and oxygen atoms in total. The summed E-state index contributed by atoms with van der Waals surface area (Å²) < 4.78 is 16.2. The van der Waals surface area contributed by atoms with Gasteiger partial charge in [0.25, 0.3) is 5.91 Å². The minimum atomic E-state index is -0.760. The lowest BCUT2D eigenvalue weighted by Gasteiger charge is -2.28. The van der Waals surface area contributed by atoms with Crippen LogP contribution in [-0.2, 0) is 14.3 Å². The fourth-order valence-electron chi connectivity index (χ4n) is 2.34. The van der Waals surface area contributed by atoms with Gasteiger partial charge < -0.3 is 19.5 Å². The van der Waals surface area contributed by atoms with Gasteiger partial charge in [0.05, 0.1) is 18.5 Å². The minimum absolute atomic E-state index is 0.108. The van der Waals surface area contributed by atoms with Crippen molar-refractivity contribution < 1.29 is 19.0 Å². The summed E-state index contributed by atoms with van der Waals surface area (Å²) in [5.74, 6) is 0.703. The fraction of sp³-hybridized carbons (Fsp3) is 0.647. The smallest absolute Gasteiger partial charge is 0.256 e. The minimum Gasteiger partial charge on any atom is -0.475 e. The van der Waals surface area contributed by atoms with Crippen LogP contribution in [0.1, 0.15) is 33.1 Å². The molecule has 1 aliphatic carbocycles. The quantitative estimate of drug-likeness (QED) is 0.671. The molecular formula is C17H26N2O4. The predicted molar refractivity (Wildman–Crippen MR) is 87.6 cm³/mol. The third-order valence-corrected chi connectivity index (χ3v) is 3.94. The highest BCUT2D eigenvalue weighted by Gasteiger charge is 2.48. The lowest BCUT2D eigenvalue weighted by molar-refractivity contribution is -0.142. The Morgan fingerprint density at radius 2 is 2.13 bits per heavy atom. The van der Waals surface area contributed by atoms with E-state index in [4.69, 9.17) is 14.2 Å². The summed E-state index contributed by atoms with van der Waals surface area (Å²) >= 11 is 0. The van der Waals surface area contributed by atoms with E-state index in [9.17, 15) is 4.79 Å². The first kappa shape index (κ1) is 17.7. The molecule has 23 heavy (non-hydrogen) atoms. The lowest BCUT2D eigenvalue weighted by Crippen LogP contribution is -2.45. The molecule has 1 aromatic rings. The SMILES string of the molecule is CCCOC(C)(C(=O)Nc1ccc(OCCOC)nc1)C1CC1. The summed E-state index contributed by atoms with van der Waals surface area (Å²) in [4.78, 5) is 16.8. The van der Waals surface area contributed by atoms with Crippen LogP contribution in [0.4, 0.5) is 5.69 Å². The molecule has 6 heteroatoms. The van der Waals surface area contributed by atoms with Gasteiger partial charge in [-0.1, -0.05) is 6.92 Å². The van der Waals surface area contributed by atoms with Gasteiger partial charge >= 0.3 is 0 Å². The fourth-order valence-corrected chi connectivity index (χ4v) is 2.34. The number of amides is 1. The van der Waals surface area contributed by atoms with Crippen LogP contribution in [-0.4, -0.2) is 43.4 Å². The van der Waals surface area contributed by atoms with Gasteiger partial charge in [0.15, 0.2) is 0 Å². The van der Waals surface area contributed by atoms with Gasteiger partial charge in [0.1, 0.15) is 12.2 Å². The van der Waals surface area contributed by atoms with E-state index in [0.29, 0.717) is 37.3 Å². The summed E-state index contributed by atoms with van der Waals surface area (Å²) in [5, 5.41) is 2.90. The molecule has 0 aliphatic heterocycles. The molecule has 1 saturated carbocycles. The number of ether oxygens (including phenoxy) is 3. The number of aromatic nitrogens is 1. The molecule has 1 aromatic heterocycles. The topological polar surface area (TPSA) is 69.7 Å². The Morgan fingerprint density at radius 3 is 2.70 bits per heavy atom. The van der Waals surface area contributed by atoms with Crippen LogP contribution < -0.4 is 10.1 Å². The van der Waals surface area contributed by atoms with E-state index in [0.717, 1.165) is 19.3 Å². The molecule has 0 radical (unpaired) electrons. The summed E-state index contributed by atoms with van der Waals surface area (Å²) in [6, 6.07) is 3.51. The number of pyridine rings is 1. The van der Waals surface area contributed by atoms with Crippen molar-refractivity contribution in [2.75, 3.05) is 32.2 Å². The molecular weight excluding hydrogens is 296 g/mol. The summed E-state index contributed by atoms with van der Waals surface area (Å²) in [7, 11) is 1.62. The Balaban J connectivity index is 1.93. The Hall–Kier alpha value is -1.66. The number of anilines is 1. The maximum atomic E-state index is 12.6. The summed E-state index contributed by atoms with van der Waals surface area (Å²) in [6.45, 7) is 5.46. The largest absolute Gasteiger partial charge is 0.475 e. The number of methoxy groups -OCH3 is 1. The summed E-state index contributed by atoms with van der Waals surface area (Å²) in [6.07, 6.45) is 4.56. The van der Waals surface area contributed by atoms with Crippen LogP contribution in [0.3, 0.4) is 0 Å². The standard InChI is InChI=1S/C17H26N2O4/c1-4-9-23-17(2,13-5-6-13)16(20)19-14-7-8-15(18-12-14)22-11-10-21-3/h7-8,12-13H,4-6,9-11H2,1-3H3,(H,19,20). The van der Waals surface area contributed by atoms with E-state index in [2.05, 4.69) is 10.3 Å². The third kappa shape index (κ3) is 4.91. The van der Waals surface area contributed by atoms with Crippen LogP contribution in [0, 0.1) is 5.92 Å². The molecule has 128 valence electrons. The van der Waals surface area contributed by atoms with Crippen molar-refractivity contribution in [1.82, 2.24) is 4.98 Å². The number of hydrogen-bond acceptors (Lipinski definition) is 5. The van der Waals surface area contributed by atoms with Gasteiger partial charge in [-0.25, -0.2) is 4.98 Å². The molecule has 1 heterocycles. The van der Waals surface area contributed by atoms with E-state index in [1.165, 1.54) is 0 Å². The van der Waals surface area contributed by atoms with E-state index >= 15 is 0 Å². The predicted octanol–water partition coefficient (Wildman–Crippen LogP) is 2.64. The average molecular weight is 322 g/mol. The van der Waals surface area contributed by atoms with E-state index in [1.807, 2.05) is 13.8 Å². The highest BCUT2D eigenvalue weighted by Crippen LogP contribution is 2.42. The van der Waals surface area contributed by atoms with Crippen molar-refractivity contribution in [2.24, 2.45) is 5.92 Å². The van der Waals surface area contributed by atoms with Gasteiger partial charge in [-0.05, 0) is 38.2 Å². The number of nitrogens with one attached hydrogen (secondary N) is 1. The Bertz CT molecular complexity index is 502. The summed E-state index contributed by atoms with van der Waals surface area (Å²) in [5.41, 5.74) is -0.120. The number of carbonyl (C=O) groups excluding carboxylic acids is 1. The zero-order chi connectivity index (χ0) is 16.7. The molecule has 1 amide bonds. The van der Waals surface area contributed by atoms with Gasteiger partial charge in [-0.3, -0.25) is 4.79 Å². The maximum Gasteiger partial charge on any atom is 0.256 e. The van der Waals surface area contributed by atoms with Gasteiger partial charge in [0.2, 0.25) is 5.88 Å². The first-order valence-corrected chi connectivity index (χ1v) is 8.13. The van der Waals surface area contributed by atoms with Crippen LogP contribution in [0.25, 0.3) is 0 Å². The van der Waals surface area contributed by atoms with Crippen molar-refractivity contribution in [3.63, 3.8) is 0 Å². The number of hydrogen-bond donors (Lipinski definition) is 1. The van der Waals surface area contributed by atoms with Crippen molar-refractivity contribution in [3.05, 3.63) is 18.3 Å². The van der Waals surface area contributed by atoms with Gasteiger partial charge in [0, 0.05) is 19.8 Å². The molecule has 0 spiro atoms. The number of carbonyl (C=O) groups is 1. The van der Waals surface area contributed by atoms with Gasteiger partial charge in [-0.2, -0.15) is 0 Å². The zero-order valence-electron chi connectivity index (χ0n) is 14.1. The van der Waals surface area contributed by atoms with E-state index in [-0.39, 0.29) is 5.91 Å². The van der Waals surface area contributed by atoms with Crippen molar-refractivity contribution in [2.45, 2.75) is 38.7 Å². The van der Waals surface area contributed by atoms with Crippen molar-refractivity contribution in [1.29, 1.82) is 0 Å². The Labute approximate surface area is 137 Å². The molecule has 1 unspecified atom stereocenters. The highest BCUT2D eigenvalue weighted by molar-refractivity contribution is 5.97. The Kier molecular flexibility index (Phi) is 6.36. The molecule has 1 aliphatic rings. The van der Waals surface area contributed by atoms with Crippen molar-refractivity contribution >= 4 is 11.6 Å². The third-order valence-electron chi connectivity index (χ3n) is 3.94. The Morgan fingerprint density at radius 1 is 1.35 bits per heavy atom. The second kappa shape index (κ2) is 8.26. The van der Waals surface area contributed by atoms with Crippen molar-refractivity contribution in [3.8, 4) is 5.88 Å². The van der Waals surface area contributed by atoms with E-state index < -0.39 is 5.60 Å². The average Bonchev–Trinajstić information content (AvgIpc) is 3.39. The zero-order valence-corrected chi connectivity index (χ0v) is 14.1. The monoisotopic (exact) mass is 322 g/mol. The highest BCUT2D eigenvalue weighted by atomic mass is 16.5. The number of rotatable bonds is 10. The normalized spacial score (nSPS) is 16.7. The molecule has 2 rings (SSSR count). The molecule has 0 bridgehead atoms. The van der Waals surface area contributed by atoms with E-state index in [1.54, 1.807) is 25.4 Å². The molecule has 0 aromatic carbocycles. The van der Waals surface area contributed by atoms with Crippen LogP contribution >= 0.6 is 0 Å². The molecule has 1 fully saturated rings. The van der Waals surface area contributed by atoms with Gasteiger partial charge in [-0.15, -0.1) is 0 Å². The molecule has 0 saturated heterocycles. The lowest BCUT2D eigenvalue weighted by atomic mass is 9.99.